The van der Waals surface area contributed by atoms with Gasteiger partial charge in [0.05, 0.1) is 11.4 Å². The summed E-state index contributed by atoms with van der Waals surface area (Å²) in [6.07, 6.45) is 0. The molecule has 1 aliphatic rings. The number of rotatable bonds is 7. The number of hydrogen-bond acceptors (Lipinski definition) is 1. The van der Waals surface area contributed by atoms with Crippen molar-refractivity contribution in [3.8, 4) is 11.1 Å². The quantitative estimate of drug-likeness (QED) is 0.114. The lowest BCUT2D eigenvalue weighted by atomic mass is 9.36. The molecule has 3 heteroatoms. The lowest BCUT2D eigenvalue weighted by Gasteiger charge is -2.35. The number of para-hydroxylation sites is 1. The van der Waals surface area contributed by atoms with Crippen LogP contribution in [0.5, 0.6) is 0 Å². The average molecular weight is 896 g/mol. The van der Waals surface area contributed by atoms with E-state index in [9.17, 15) is 0 Å². The normalized spacial score (nSPS) is 12.9. The van der Waals surface area contributed by atoms with E-state index in [-0.39, 0.29) is 35.1 Å². The summed E-state index contributed by atoms with van der Waals surface area (Å²) in [5, 5.41) is 5.10. The van der Waals surface area contributed by atoms with Gasteiger partial charge in [-0.25, -0.2) is 0 Å². The first-order valence-corrected chi connectivity index (χ1v) is 25.1. The third kappa shape index (κ3) is 8.75. The van der Waals surface area contributed by atoms with Crippen LogP contribution in [0.4, 0.5) is 17.1 Å². The zero-order valence-corrected chi connectivity index (χ0v) is 43.0. The van der Waals surface area contributed by atoms with Crippen LogP contribution >= 0.6 is 0 Å². The second-order valence-corrected chi connectivity index (χ2v) is 23.9. The van der Waals surface area contributed by atoms with E-state index in [0.717, 1.165) is 5.69 Å². The van der Waals surface area contributed by atoms with Crippen LogP contribution < -0.4 is 37.7 Å². The van der Waals surface area contributed by atoms with Crippen molar-refractivity contribution in [3.63, 3.8) is 0 Å². The van der Waals surface area contributed by atoms with Gasteiger partial charge in [0.2, 0.25) is 13.4 Å². The van der Waals surface area contributed by atoms with Crippen LogP contribution in [0.2, 0.25) is 0 Å². The number of hydrogen-bond donors (Lipinski definition) is 0. The van der Waals surface area contributed by atoms with E-state index in [2.05, 4.69) is 276 Å². The van der Waals surface area contributed by atoms with Crippen molar-refractivity contribution in [2.24, 2.45) is 0 Å². The van der Waals surface area contributed by atoms with Gasteiger partial charge in [-0.2, -0.15) is 0 Å². The Labute approximate surface area is 413 Å². The molecule has 1 nitrogen and oxygen atoms in total. The molecule has 0 aromatic heterocycles. The Kier molecular flexibility index (Phi) is 11.5. The molecule has 0 fully saturated rings. The van der Waals surface area contributed by atoms with E-state index in [0.29, 0.717) is 0 Å². The maximum absolute atomic E-state index is 2.52. The van der Waals surface area contributed by atoms with Crippen LogP contribution in [0, 0.1) is 0 Å². The second-order valence-electron chi connectivity index (χ2n) is 23.9. The molecule has 0 unspecified atom stereocenters. The van der Waals surface area contributed by atoms with Gasteiger partial charge in [0, 0.05) is 16.6 Å². The largest absolute Gasteiger partial charge is 0.309 e. The standard InChI is InChI=1S/C66H67B2N/c1-63(2,3)45-22-31-49(32-23-45)67(50-33-24-46(25-34-50)64(4,5)6)53-30-21-44-41-59-56-40-39-54(43-61(56)69(55-17-14-13-15-18-55)60-20-16-19-57(62(59)60)58(44)42-53)68(51-35-26-47(27-36-51)65(7,8)9)52-37-28-48(29-38-52)66(10,11)12/h13-43H,1-12H3. The molecule has 0 radical (unpaired) electrons. The molecule has 9 aromatic rings. The molecule has 0 spiro atoms. The SMILES string of the molecule is CC(C)(C)c1ccc(B(c2ccc(C(C)(C)C)cc2)c2ccc3c(c2)N(c2ccccc2)c2cccc4c2c-3cc2ccc(B(c3ccc(C(C)(C)C)cc3)c3ccc(C(C)(C)C)cc3)cc24)cc1. The molecule has 1 heterocycles. The van der Waals surface area contributed by atoms with E-state index in [1.54, 1.807) is 0 Å². The molecular formula is C66H67B2N. The highest BCUT2D eigenvalue weighted by atomic mass is 15.2. The molecule has 1 aliphatic heterocycles. The van der Waals surface area contributed by atoms with Crippen LogP contribution in [0.15, 0.2) is 188 Å². The Morgan fingerprint density at radius 3 is 1.14 bits per heavy atom. The summed E-state index contributed by atoms with van der Waals surface area (Å²) in [7, 11) is 0. The Bertz CT molecular complexity index is 3200. The molecule has 342 valence electrons. The molecule has 0 saturated carbocycles. The van der Waals surface area contributed by atoms with E-state index < -0.39 is 0 Å². The van der Waals surface area contributed by atoms with E-state index in [1.807, 2.05) is 0 Å². The maximum atomic E-state index is 2.52. The average Bonchev–Trinajstić information content (AvgIpc) is 3.32. The topological polar surface area (TPSA) is 3.24 Å². The van der Waals surface area contributed by atoms with Crippen molar-refractivity contribution in [1.29, 1.82) is 0 Å². The Morgan fingerprint density at radius 1 is 0.304 bits per heavy atom. The molecule has 10 rings (SSSR count). The van der Waals surface area contributed by atoms with Gasteiger partial charge in [-0.05, 0) is 96.0 Å². The first-order valence-electron chi connectivity index (χ1n) is 25.1. The summed E-state index contributed by atoms with van der Waals surface area (Å²) < 4.78 is 0. The maximum Gasteiger partial charge on any atom is 0.241 e. The van der Waals surface area contributed by atoms with Gasteiger partial charge in [-0.15, -0.1) is 0 Å². The summed E-state index contributed by atoms with van der Waals surface area (Å²) >= 11 is 0. The highest BCUT2D eigenvalue weighted by Gasteiger charge is 2.32. The van der Waals surface area contributed by atoms with Crippen LogP contribution in [0.3, 0.4) is 0 Å². The molecule has 0 N–H and O–H groups in total. The van der Waals surface area contributed by atoms with Gasteiger partial charge in [-0.3, -0.25) is 0 Å². The predicted molar refractivity (Wildman–Crippen MR) is 305 cm³/mol. The van der Waals surface area contributed by atoms with Crippen LogP contribution in [0.25, 0.3) is 32.7 Å². The summed E-state index contributed by atoms with van der Waals surface area (Å²) in [4.78, 5) is 2.52. The van der Waals surface area contributed by atoms with Crippen molar-refractivity contribution < 1.29 is 0 Å². The van der Waals surface area contributed by atoms with Crippen LogP contribution in [0.1, 0.15) is 105 Å². The zero-order chi connectivity index (χ0) is 48.6. The minimum absolute atomic E-state index is 0.0467. The fourth-order valence-electron chi connectivity index (χ4n) is 10.8. The predicted octanol–water partition coefficient (Wildman–Crippen LogP) is 13.7. The summed E-state index contributed by atoms with van der Waals surface area (Å²) in [6.45, 7) is 27.7. The monoisotopic (exact) mass is 896 g/mol. The van der Waals surface area contributed by atoms with Crippen LogP contribution in [-0.2, 0) is 21.7 Å². The fraction of sp³-hybridized carbons (Fsp3) is 0.242. The Morgan fingerprint density at radius 2 is 0.710 bits per heavy atom. The summed E-state index contributed by atoms with van der Waals surface area (Å²) in [5.41, 5.74) is 19.6. The molecule has 0 aliphatic carbocycles. The summed E-state index contributed by atoms with van der Waals surface area (Å²) in [6, 6.07) is 72.5. The van der Waals surface area contributed by atoms with Crippen LogP contribution in [-0.4, -0.2) is 13.4 Å². The van der Waals surface area contributed by atoms with E-state index in [4.69, 9.17) is 0 Å². The lowest BCUT2D eigenvalue weighted by molar-refractivity contribution is 0.590. The number of nitrogens with zero attached hydrogens (tertiary/aromatic N) is 1. The van der Waals surface area contributed by atoms with Gasteiger partial charge in [0.1, 0.15) is 0 Å². The minimum atomic E-state index is 0.0467. The number of benzene rings is 9. The van der Waals surface area contributed by atoms with Crippen molar-refractivity contribution >= 4 is 84.8 Å². The number of fused-ring (bicyclic) bond motifs is 4. The first-order chi connectivity index (χ1) is 32.7. The third-order valence-corrected chi connectivity index (χ3v) is 14.9. The molecule has 69 heavy (non-hydrogen) atoms. The van der Waals surface area contributed by atoms with Gasteiger partial charge in [0.15, 0.2) is 0 Å². The van der Waals surface area contributed by atoms with Crippen molar-refractivity contribution in [2.75, 3.05) is 4.90 Å². The van der Waals surface area contributed by atoms with Gasteiger partial charge >= 0.3 is 0 Å². The third-order valence-electron chi connectivity index (χ3n) is 14.9. The fourth-order valence-corrected chi connectivity index (χ4v) is 10.8. The van der Waals surface area contributed by atoms with Gasteiger partial charge in [0.25, 0.3) is 0 Å². The van der Waals surface area contributed by atoms with Crippen molar-refractivity contribution in [3.05, 3.63) is 210 Å². The smallest absolute Gasteiger partial charge is 0.241 e. The Hall–Kier alpha value is -6.57. The molecule has 0 bridgehead atoms. The first kappa shape index (κ1) is 46.2. The molecule has 9 aromatic carbocycles. The summed E-state index contributed by atoms with van der Waals surface area (Å²) in [5.74, 6) is 0. The molecule has 0 amide bonds. The molecule has 0 saturated heterocycles. The van der Waals surface area contributed by atoms with Gasteiger partial charge in [-0.1, -0.05) is 274 Å². The highest BCUT2D eigenvalue weighted by Crippen LogP contribution is 2.52. The van der Waals surface area contributed by atoms with E-state index >= 15 is 0 Å². The number of anilines is 3. The van der Waals surface area contributed by atoms with Crippen molar-refractivity contribution in [2.45, 2.75) is 105 Å². The van der Waals surface area contributed by atoms with Crippen molar-refractivity contribution in [1.82, 2.24) is 0 Å². The zero-order valence-electron chi connectivity index (χ0n) is 43.0. The minimum Gasteiger partial charge on any atom is -0.309 e. The van der Waals surface area contributed by atoms with Gasteiger partial charge < -0.3 is 4.90 Å². The Balaban J connectivity index is 1.16. The molecule has 0 atom stereocenters. The lowest BCUT2D eigenvalue weighted by Crippen LogP contribution is -2.52. The molecular weight excluding hydrogens is 828 g/mol. The highest BCUT2D eigenvalue weighted by molar-refractivity contribution is 6.96. The van der Waals surface area contributed by atoms with E-state index in [1.165, 1.54) is 99.1 Å². The second kappa shape index (κ2) is 17.1.